The van der Waals surface area contributed by atoms with Gasteiger partial charge in [0.05, 0.1) is 0 Å². The number of carboxylic acids is 1. The van der Waals surface area contributed by atoms with E-state index >= 15 is 0 Å². The van der Waals surface area contributed by atoms with Crippen LogP contribution in [0.15, 0.2) is 0 Å². The molecule has 0 aliphatic heterocycles. The summed E-state index contributed by atoms with van der Waals surface area (Å²) in [7, 11) is 0. The van der Waals surface area contributed by atoms with Gasteiger partial charge in [0.1, 0.15) is 5.54 Å². The van der Waals surface area contributed by atoms with Crippen LogP contribution >= 0.6 is 0 Å². The summed E-state index contributed by atoms with van der Waals surface area (Å²) in [5.41, 5.74) is 5.00. The highest BCUT2D eigenvalue weighted by molar-refractivity contribution is 5.79. The minimum absolute atomic E-state index is 0.219. The first-order valence-corrected chi connectivity index (χ1v) is 5.13. The summed E-state index contributed by atoms with van der Waals surface area (Å²) in [6, 6.07) is 0. The van der Waals surface area contributed by atoms with Crippen molar-refractivity contribution in [1.82, 2.24) is 0 Å². The van der Waals surface area contributed by atoms with Crippen molar-refractivity contribution in [3.8, 4) is 0 Å². The van der Waals surface area contributed by atoms with E-state index < -0.39 is 11.5 Å². The molecule has 0 spiro atoms. The molecule has 1 atom stereocenters. The molecule has 0 radical (unpaired) electrons. The normalized spacial score (nSPS) is 22.0. The van der Waals surface area contributed by atoms with Gasteiger partial charge in [-0.2, -0.15) is 0 Å². The summed E-state index contributed by atoms with van der Waals surface area (Å²) in [4.78, 5) is 11.0. The number of nitrogens with two attached hydrogens (primary N) is 1. The predicted octanol–water partition coefficient (Wildman–Crippen LogP) is 1.76. The topological polar surface area (TPSA) is 63.3 Å². The fourth-order valence-corrected chi connectivity index (χ4v) is 1.88. The molecule has 0 aromatic carbocycles. The highest BCUT2D eigenvalue weighted by Gasteiger charge is 2.44. The number of carbonyl (C=O) groups is 1. The van der Waals surface area contributed by atoms with Crippen molar-refractivity contribution in [3.63, 3.8) is 0 Å². The average Bonchev–Trinajstić information content (AvgIpc) is 1.97. The highest BCUT2D eigenvalue weighted by atomic mass is 16.4. The molecular formula is C10H19NO2. The van der Waals surface area contributed by atoms with E-state index in [1.54, 1.807) is 0 Å². The first-order chi connectivity index (χ1) is 6.11. The minimum Gasteiger partial charge on any atom is -0.480 e. The monoisotopic (exact) mass is 185 g/mol. The van der Waals surface area contributed by atoms with E-state index in [1.807, 2.05) is 0 Å². The van der Waals surface area contributed by atoms with E-state index in [0.29, 0.717) is 6.42 Å². The zero-order valence-corrected chi connectivity index (χ0v) is 8.25. The van der Waals surface area contributed by atoms with Crippen LogP contribution in [0.3, 0.4) is 0 Å². The van der Waals surface area contributed by atoms with Crippen LogP contribution in [0.4, 0.5) is 0 Å². The SMILES string of the molecule is CCCC[C@@](N)(C(=O)O)C1CCC1. The third-order valence-corrected chi connectivity index (χ3v) is 3.18. The zero-order chi connectivity index (χ0) is 9.90. The van der Waals surface area contributed by atoms with Gasteiger partial charge in [0, 0.05) is 0 Å². The van der Waals surface area contributed by atoms with Gasteiger partial charge in [0.2, 0.25) is 0 Å². The molecule has 0 saturated heterocycles. The standard InChI is InChI=1S/C10H19NO2/c1-2-3-7-10(11,9(12)13)8-5-4-6-8/h8H,2-7,11H2,1H3,(H,12,13)/t10-/m0/s1. The molecule has 1 saturated carbocycles. The van der Waals surface area contributed by atoms with Gasteiger partial charge in [-0.3, -0.25) is 4.79 Å². The quantitative estimate of drug-likeness (QED) is 0.686. The number of unbranched alkanes of at least 4 members (excludes halogenated alkanes) is 1. The molecule has 0 aromatic rings. The number of hydrogen-bond acceptors (Lipinski definition) is 2. The second-order valence-electron chi connectivity index (χ2n) is 4.08. The van der Waals surface area contributed by atoms with E-state index in [0.717, 1.165) is 32.1 Å². The van der Waals surface area contributed by atoms with Crippen molar-refractivity contribution in [2.45, 2.75) is 51.0 Å². The Kier molecular flexibility index (Phi) is 3.31. The summed E-state index contributed by atoms with van der Waals surface area (Å²) in [6.07, 6.45) is 5.68. The van der Waals surface area contributed by atoms with Gasteiger partial charge in [-0.25, -0.2) is 0 Å². The lowest BCUT2D eigenvalue weighted by atomic mass is 9.69. The average molecular weight is 185 g/mol. The van der Waals surface area contributed by atoms with E-state index in [-0.39, 0.29) is 5.92 Å². The van der Waals surface area contributed by atoms with Crippen LogP contribution < -0.4 is 5.73 Å². The third-order valence-electron chi connectivity index (χ3n) is 3.18. The lowest BCUT2D eigenvalue weighted by Crippen LogP contribution is -2.56. The molecular weight excluding hydrogens is 166 g/mol. The van der Waals surface area contributed by atoms with E-state index in [1.165, 1.54) is 0 Å². The largest absolute Gasteiger partial charge is 0.480 e. The molecule has 0 bridgehead atoms. The van der Waals surface area contributed by atoms with Gasteiger partial charge in [0.25, 0.3) is 0 Å². The van der Waals surface area contributed by atoms with Crippen LogP contribution in [0.5, 0.6) is 0 Å². The number of aliphatic carboxylic acids is 1. The Morgan fingerprint density at radius 1 is 1.62 bits per heavy atom. The van der Waals surface area contributed by atoms with Gasteiger partial charge in [-0.05, 0) is 25.2 Å². The van der Waals surface area contributed by atoms with Crippen molar-refractivity contribution >= 4 is 5.97 Å². The maximum absolute atomic E-state index is 11.0. The van der Waals surface area contributed by atoms with Gasteiger partial charge < -0.3 is 10.8 Å². The molecule has 1 fully saturated rings. The lowest BCUT2D eigenvalue weighted by molar-refractivity contribution is -0.147. The first-order valence-electron chi connectivity index (χ1n) is 5.13. The van der Waals surface area contributed by atoms with Crippen LogP contribution in [0.1, 0.15) is 45.4 Å². The second kappa shape index (κ2) is 4.09. The molecule has 1 aliphatic rings. The van der Waals surface area contributed by atoms with Gasteiger partial charge in [-0.1, -0.05) is 26.2 Å². The molecule has 0 heterocycles. The molecule has 0 unspecified atom stereocenters. The molecule has 3 N–H and O–H groups in total. The van der Waals surface area contributed by atoms with Gasteiger partial charge >= 0.3 is 5.97 Å². The fourth-order valence-electron chi connectivity index (χ4n) is 1.88. The molecule has 3 heteroatoms. The number of hydrogen-bond donors (Lipinski definition) is 2. The Morgan fingerprint density at radius 2 is 2.23 bits per heavy atom. The molecule has 76 valence electrons. The summed E-state index contributed by atoms with van der Waals surface area (Å²) in [6.45, 7) is 2.06. The summed E-state index contributed by atoms with van der Waals surface area (Å²) >= 11 is 0. The Balaban J connectivity index is 2.56. The van der Waals surface area contributed by atoms with Crippen molar-refractivity contribution in [3.05, 3.63) is 0 Å². The van der Waals surface area contributed by atoms with E-state index in [9.17, 15) is 4.79 Å². The summed E-state index contributed by atoms with van der Waals surface area (Å²) in [5, 5.41) is 9.07. The maximum Gasteiger partial charge on any atom is 0.323 e. The molecule has 1 rings (SSSR count). The number of carboxylic acid groups (broad SMARTS) is 1. The van der Waals surface area contributed by atoms with Crippen LogP contribution in [-0.4, -0.2) is 16.6 Å². The Hall–Kier alpha value is -0.570. The molecule has 13 heavy (non-hydrogen) atoms. The van der Waals surface area contributed by atoms with Crippen LogP contribution in [0, 0.1) is 5.92 Å². The van der Waals surface area contributed by atoms with E-state index in [2.05, 4.69) is 6.92 Å². The number of rotatable bonds is 5. The molecule has 1 aliphatic carbocycles. The zero-order valence-electron chi connectivity index (χ0n) is 8.25. The smallest absolute Gasteiger partial charge is 0.323 e. The highest BCUT2D eigenvalue weighted by Crippen LogP contribution is 2.37. The Labute approximate surface area is 79.3 Å². The Bertz CT molecular complexity index is 189. The third kappa shape index (κ3) is 2.02. The fraction of sp³-hybridized carbons (Fsp3) is 0.900. The van der Waals surface area contributed by atoms with Crippen molar-refractivity contribution in [1.29, 1.82) is 0 Å². The molecule has 0 aromatic heterocycles. The summed E-state index contributed by atoms with van der Waals surface area (Å²) in [5.74, 6) is -0.595. The van der Waals surface area contributed by atoms with Crippen molar-refractivity contribution in [2.75, 3.05) is 0 Å². The molecule has 0 amide bonds. The second-order valence-corrected chi connectivity index (χ2v) is 4.08. The van der Waals surface area contributed by atoms with E-state index in [4.69, 9.17) is 10.8 Å². The van der Waals surface area contributed by atoms with Crippen molar-refractivity contribution < 1.29 is 9.90 Å². The van der Waals surface area contributed by atoms with Crippen molar-refractivity contribution in [2.24, 2.45) is 11.7 Å². The van der Waals surface area contributed by atoms with Crippen LogP contribution in [0.25, 0.3) is 0 Å². The summed E-state index contributed by atoms with van der Waals surface area (Å²) < 4.78 is 0. The minimum atomic E-state index is -0.936. The van der Waals surface area contributed by atoms with Crippen LogP contribution in [0.2, 0.25) is 0 Å². The maximum atomic E-state index is 11.0. The lowest BCUT2D eigenvalue weighted by Gasteiger charge is -2.39. The van der Waals surface area contributed by atoms with Crippen LogP contribution in [-0.2, 0) is 4.79 Å². The predicted molar refractivity (Wildman–Crippen MR) is 51.4 cm³/mol. The Morgan fingerprint density at radius 3 is 2.54 bits per heavy atom. The van der Waals surface area contributed by atoms with Gasteiger partial charge in [0.15, 0.2) is 0 Å². The first kappa shape index (κ1) is 10.5. The molecule has 3 nitrogen and oxygen atoms in total. The van der Waals surface area contributed by atoms with Gasteiger partial charge in [-0.15, -0.1) is 0 Å².